The van der Waals surface area contributed by atoms with Gasteiger partial charge >= 0.3 is 0 Å². The minimum Gasteiger partial charge on any atom is -0.327 e. The quantitative estimate of drug-likeness (QED) is 0.905. The van der Waals surface area contributed by atoms with E-state index in [1.165, 1.54) is 20.8 Å². The van der Waals surface area contributed by atoms with E-state index >= 15 is 0 Å². The molecule has 0 bridgehead atoms. The van der Waals surface area contributed by atoms with Crippen molar-refractivity contribution in [3.63, 3.8) is 0 Å². The van der Waals surface area contributed by atoms with Crippen LogP contribution in [-0.2, 0) is 6.42 Å². The number of hydrogen-bond donors (Lipinski definition) is 1. The molecule has 0 heterocycles. The fraction of sp³-hybridized carbons (Fsp3) is 0.286. The third-order valence-corrected chi connectivity index (χ3v) is 3.89. The number of benzene rings is 2. The number of hydrogen-bond acceptors (Lipinski definition) is 1. The van der Waals surface area contributed by atoms with Crippen molar-refractivity contribution in [3.8, 4) is 0 Å². The summed E-state index contributed by atoms with van der Waals surface area (Å²) in [5.41, 5.74) is 7.30. The maximum atomic E-state index is 6.00. The molecule has 2 aromatic carbocycles. The molecule has 0 saturated carbocycles. The molecule has 16 heavy (non-hydrogen) atoms. The number of fused-ring (bicyclic) bond motifs is 1. The zero-order valence-corrected chi connectivity index (χ0v) is 11.0. The SMILES string of the molecule is CCC(N)Cc1ccc2ccccc2c1Br. The van der Waals surface area contributed by atoms with Crippen molar-refractivity contribution in [2.75, 3.05) is 0 Å². The average molecular weight is 278 g/mol. The van der Waals surface area contributed by atoms with Crippen molar-refractivity contribution in [1.82, 2.24) is 0 Å². The topological polar surface area (TPSA) is 26.0 Å². The van der Waals surface area contributed by atoms with Crippen LogP contribution < -0.4 is 5.73 Å². The molecule has 0 aromatic heterocycles. The molecule has 0 fully saturated rings. The van der Waals surface area contributed by atoms with Gasteiger partial charge in [-0.1, -0.05) is 43.3 Å². The van der Waals surface area contributed by atoms with Crippen LogP contribution in [0.3, 0.4) is 0 Å². The summed E-state index contributed by atoms with van der Waals surface area (Å²) in [6, 6.07) is 13.0. The van der Waals surface area contributed by atoms with Gasteiger partial charge in [0.15, 0.2) is 0 Å². The van der Waals surface area contributed by atoms with E-state index in [1.54, 1.807) is 0 Å². The number of halogens is 1. The minimum absolute atomic E-state index is 0.248. The van der Waals surface area contributed by atoms with Gasteiger partial charge in [0.05, 0.1) is 0 Å². The Hall–Kier alpha value is -0.860. The zero-order valence-electron chi connectivity index (χ0n) is 9.41. The van der Waals surface area contributed by atoms with Crippen LogP contribution in [-0.4, -0.2) is 6.04 Å². The largest absolute Gasteiger partial charge is 0.327 e. The van der Waals surface area contributed by atoms with Crippen LogP contribution in [0.2, 0.25) is 0 Å². The van der Waals surface area contributed by atoms with Gasteiger partial charge in [-0.05, 0) is 45.1 Å². The van der Waals surface area contributed by atoms with Crippen molar-refractivity contribution >= 4 is 26.7 Å². The summed E-state index contributed by atoms with van der Waals surface area (Å²) in [6.07, 6.45) is 1.95. The molecule has 1 atom stereocenters. The first-order valence-electron chi connectivity index (χ1n) is 5.64. The van der Waals surface area contributed by atoms with E-state index in [0.29, 0.717) is 0 Å². The van der Waals surface area contributed by atoms with Crippen molar-refractivity contribution in [2.24, 2.45) is 5.73 Å². The highest BCUT2D eigenvalue weighted by Gasteiger charge is 2.07. The Labute approximate surface area is 105 Å². The summed E-state index contributed by atoms with van der Waals surface area (Å²) < 4.78 is 1.19. The molecular formula is C14H16BrN. The summed E-state index contributed by atoms with van der Waals surface area (Å²) in [5, 5.41) is 2.53. The standard InChI is InChI=1S/C14H16BrN/c1-2-12(16)9-11-8-7-10-5-3-4-6-13(10)14(11)15/h3-8,12H,2,9,16H2,1H3. The molecule has 1 nitrogen and oxygen atoms in total. The summed E-state index contributed by atoms with van der Waals surface area (Å²) in [6.45, 7) is 2.12. The number of rotatable bonds is 3. The monoisotopic (exact) mass is 277 g/mol. The first-order valence-corrected chi connectivity index (χ1v) is 6.43. The molecule has 1 unspecified atom stereocenters. The molecule has 2 heteroatoms. The number of nitrogens with two attached hydrogens (primary N) is 1. The van der Waals surface area contributed by atoms with Crippen molar-refractivity contribution in [2.45, 2.75) is 25.8 Å². The first kappa shape index (κ1) is 11.6. The Morgan fingerprint density at radius 3 is 2.69 bits per heavy atom. The second kappa shape index (κ2) is 4.98. The van der Waals surface area contributed by atoms with Crippen LogP contribution in [0.25, 0.3) is 10.8 Å². The van der Waals surface area contributed by atoms with Crippen molar-refractivity contribution in [1.29, 1.82) is 0 Å². The van der Waals surface area contributed by atoms with E-state index in [0.717, 1.165) is 12.8 Å². The predicted octanol–water partition coefficient (Wildman–Crippen LogP) is 3.88. The van der Waals surface area contributed by atoms with E-state index < -0.39 is 0 Å². The molecule has 2 rings (SSSR count). The van der Waals surface area contributed by atoms with Crippen LogP contribution in [0.5, 0.6) is 0 Å². The van der Waals surface area contributed by atoms with E-state index in [9.17, 15) is 0 Å². The van der Waals surface area contributed by atoms with Crippen LogP contribution >= 0.6 is 15.9 Å². The summed E-state index contributed by atoms with van der Waals surface area (Å²) in [7, 11) is 0. The van der Waals surface area contributed by atoms with E-state index in [2.05, 4.69) is 59.3 Å². The normalized spacial score (nSPS) is 12.9. The highest BCUT2D eigenvalue weighted by atomic mass is 79.9. The second-order valence-electron chi connectivity index (χ2n) is 4.13. The van der Waals surface area contributed by atoms with Crippen molar-refractivity contribution < 1.29 is 0 Å². The Kier molecular flexibility index (Phi) is 3.62. The third kappa shape index (κ3) is 2.28. The van der Waals surface area contributed by atoms with Gasteiger partial charge in [0.1, 0.15) is 0 Å². The smallest absolute Gasteiger partial charge is 0.0286 e. The van der Waals surface area contributed by atoms with Crippen molar-refractivity contribution in [3.05, 3.63) is 46.4 Å². The van der Waals surface area contributed by atoms with E-state index in [1.807, 2.05) is 0 Å². The molecule has 2 N–H and O–H groups in total. The second-order valence-corrected chi connectivity index (χ2v) is 4.93. The summed E-state index contributed by atoms with van der Waals surface area (Å²) in [4.78, 5) is 0. The molecule has 0 spiro atoms. The van der Waals surface area contributed by atoms with Gasteiger partial charge in [0.2, 0.25) is 0 Å². The summed E-state index contributed by atoms with van der Waals surface area (Å²) in [5.74, 6) is 0. The lowest BCUT2D eigenvalue weighted by Gasteiger charge is -2.12. The fourth-order valence-electron chi connectivity index (χ4n) is 1.86. The van der Waals surface area contributed by atoms with Gasteiger partial charge in [0, 0.05) is 10.5 Å². The van der Waals surface area contributed by atoms with Gasteiger partial charge in [-0.25, -0.2) is 0 Å². The molecular weight excluding hydrogens is 262 g/mol. The van der Waals surface area contributed by atoms with Gasteiger partial charge in [-0.3, -0.25) is 0 Å². The fourth-order valence-corrected chi connectivity index (χ4v) is 2.52. The zero-order chi connectivity index (χ0) is 11.5. The minimum atomic E-state index is 0.248. The van der Waals surface area contributed by atoms with Crippen LogP contribution in [0.15, 0.2) is 40.9 Å². The molecule has 84 valence electrons. The first-order chi connectivity index (χ1) is 7.72. The predicted molar refractivity (Wildman–Crippen MR) is 73.6 cm³/mol. The maximum absolute atomic E-state index is 6.00. The van der Waals surface area contributed by atoms with Crippen LogP contribution in [0.1, 0.15) is 18.9 Å². The van der Waals surface area contributed by atoms with E-state index in [-0.39, 0.29) is 6.04 Å². The molecule has 0 saturated heterocycles. The molecule has 2 aromatic rings. The molecule has 0 aliphatic carbocycles. The lowest BCUT2D eigenvalue weighted by atomic mass is 10.0. The van der Waals surface area contributed by atoms with E-state index in [4.69, 9.17) is 5.73 Å². The highest BCUT2D eigenvalue weighted by Crippen LogP contribution is 2.28. The third-order valence-electron chi connectivity index (χ3n) is 2.95. The Morgan fingerprint density at radius 1 is 1.19 bits per heavy atom. The Morgan fingerprint density at radius 2 is 1.94 bits per heavy atom. The lowest BCUT2D eigenvalue weighted by Crippen LogP contribution is -2.21. The molecule has 0 radical (unpaired) electrons. The Balaban J connectivity index is 2.44. The van der Waals surface area contributed by atoms with Gasteiger partial charge in [-0.15, -0.1) is 0 Å². The summed E-state index contributed by atoms with van der Waals surface area (Å²) >= 11 is 3.68. The van der Waals surface area contributed by atoms with Crippen LogP contribution in [0.4, 0.5) is 0 Å². The van der Waals surface area contributed by atoms with Gasteiger partial charge < -0.3 is 5.73 Å². The Bertz CT molecular complexity index is 493. The highest BCUT2D eigenvalue weighted by molar-refractivity contribution is 9.10. The molecule has 0 amide bonds. The average Bonchev–Trinajstić information content (AvgIpc) is 2.33. The maximum Gasteiger partial charge on any atom is 0.0286 e. The molecule has 0 aliphatic rings. The van der Waals surface area contributed by atoms with Gasteiger partial charge in [0.25, 0.3) is 0 Å². The van der Waals surface area contributed by atoms with Gasteiger partial charge in [-0.2, -0.15) is 0 Å². The molecule has 0 aliphatic heterocycles. The lowest BCUT2D eigenvalue weighted by molar-refractivity contribution is 0.645. The van der Waals surface area contributed by atoms with Crippen LogP contribution in [0, 0.1) is 0 Å².